The monoisotopic (exact) mass is 175 g/mol. The molecule has 2 N–H and O–H groups in total. The number of aromatic nitrogens is 3. The Bertz CT molecular complexity index is 405. The minimum Gasteiger partial charge on any atom is -0.508 e. The van der Waals surface area contributed by atoms with Gasteiger partial charge in [0.15, 0.2) is 5.82 Å². The Kier molecular flexibility index (Phi) is 1.73. The van der Waals surface area contributed by atoms with E-state index in [2.05, 4.69) is 15.2 Å². The van der Waals surface area contributed by atoms with Gasteiger partial charge >= 0.3 is 0 Å². The van der Waals surface area contributed by atoms with Crippen LogP contribution in [-0.4, -0.2) is 20.3 Å². The van der Waals surface area contributed by atoms with Crippen LogP contribution in [0.4, 0.5) is 0 Å². The second kappa shape index (κ2) is 2.90. The number of phenolic OH excluding ortho intramolecular Hbond substituents is 1. The molecule has 0 bridgehead atoms. The second-order valence-corrected chi connectivity index (χ2v) is 2.79. The van der Waals surface area contributed by atoms with Crippen LogP contribution in [0.25, 0.3) is 11.4 Å². The molecule has 0 fully saturated rings. The van der Waals surface area contributed by atoms with E-state index < -0.39 is 0 Å². The molecule has 66 valence electrons. The number of phenols is 1. The summed E-state index contributed by atoms with van der Waals surface area (Å²) in [5.74, 6) is 1.68. The first-order valence-corrected chi connectivity index (χ1v) is 3.94. The summed E-state index contributed by atoms with van der Waals surface area (Å²) in [6.45, 7) is 1.84. The fourth-order valence-electron chi connectivity index (χ4n) is 1.08. The van der Waals surface area contributed by atoms with Crippen molar-refractivity contribution in [2.24, 2.45) is 0 Å². The number of aromatic amines is 1. The molecule has 4 nitrogen and oxygen atoms in total. The number of benzene rings is 1. The van der Waals surface area contributed by atoms with Gasteiger partial charge in [-0.05, 0) is 31.2 Å². The summed E-state index contributed by atoms with van der Waals surface area (Å²) in [5, 5.41) is 15.8. The van der Waals surface area contributed by atoms with E-state index in [1.807, 2.05) is 6.92 Å². The highest BCUT2D eigenvalue weighted by molar-refractivity contribution is 5.55. The van der Waals surface area contributed by atoms with Crippen molar-refractivity contribution in [1.82, 2.24) is 15.2 Å². The van der Waals surface area contributed by atoms with Crippen LogP contribution in [0.2, 0.25) is 0 Å². The van der Waals surface area contributed by atoms with Crippen LogP contribution in [0.1, 0.15) is 5.82 Å². The number of hydrogen-bond acceptors (Lipinski definition) is 3. The SMILES string of the molecule is Cc1nc(-c2ccc(O)cc2)n[nH]1. The van der Waals surface area contributed by atoms with Crippen LogP contribution in [0.5, 0.6) is 5.75 Å². The van der Waals surface area contributed by atoms with Gasteiger partial charge < -0.3 is 5.11 Å². The van der Waals surface area contributed by atoms with Gasteiger partial charge in [-0.25, -0.2) is 4.98 Å². The number of H-pyrrole nitrogens is 1. The maximum atomic E-state index is 9.06. The molecule has 0 aliphatic carbocycles. The Balaban J connectivity index is 2.41. The molecule has 0 spiro atoms. The van der Waals surface area contributed by atoms with E-state index >= 15 is 0 Å². The van der Waals surface area contributed by atoms with Crippen LogP contribution in [0.3, 0.4) is 0 Å². The smallest absolute Gasteiger partial charge is 0.181 e. The molecule has 0 aliphatic heterocycles. The Morgan fingerprint density at radius 2 is 1.92 bits per heavy atom. The van der Waals surface area contributed by atoms with Gasteiger partial charge in [-0.3, -0.25) is 5.10 Å². The number of rotatable bonds is 1. The Hall–Kier alpha value is -1.84. The first kappa shape index (κ1) is 7.79. The molecule has 0 atom stereocenters. The fourth-order valence-corrected chi connectivity index (χ4v) is 1.08. The first-order chi connectivity index (χ1) is 6.25. The van der Waals surface area contributed by atoms with Crippen molar-refractivity contribution in [1.29, 1.82) is 0 Å². The van der Waals surface area contributed by atoms with Gasteiger partial charge in [0, 0.05) is 5.56 Å². The summed E-state index contributed by atoms with van der Waals surface area (Å²) in [7, 11) is 0. The molecular formula is C9H9N3O. The van der Waals surface area contributed by atoms with Crippen LogP contribution in [0, 0.1) is 6.92 Å². The van der Waals surface area contributed by atoms with Crippen LogP contribution < -0.4 is 0 Å². The number of hydrogen-bond donors (Lipinski definition) is 2. The topological polar surface area (TPSA) is 61.8 Å². The molecule has 0 unspecified atom stereocenters. The molecule has 0 amide bonds. The lowest BCUT2D eigenvalue weighted by molar-refractivity contribution is 0.475. The molecule has 0 radical (unpaired) electrons. The highest BCUT2D eigenvalue weighted by Crippen LogP contribution is 2.17. The van der Waals surface area contributed by atoms with Gasteiger partial charge in [0.2, 0.25) is 0 Å². The van der Waals surface area contributed by atoms with E-state index in [1.165, 1.54) is 0 Å². The average Bonchev–Trinajstić information content (AvgIpc) is 2.53. The quantitative estimate of drug-likeness (QED) is 0.690. The molecule has 1 aromatic heterocycles. The van der Waals surface area contributed by atoms with Crippen LogP contribution in [0.15, 0.2) is 24.3 Å². The maximum Gasteiger partial charge on any atom is 0.181 e. The number of aryl methyl sites for hydroxylation is 1. The van der Waals surface area contributed by atoms with Crippen molar-refractivity contribution in [3.63, 3.8) is 0 Å². The predicted octanol–water partition coefficient (Wildman–Crippen LogP) is 1.49. The van der Waals surface area contributed by atoms with E-state index in [0.29, 0.717) is 5.82 Å². The van der Waals surface area contributed by atoms with Crippen molar-refractivity contribution in [3.8, 4) is 17.1 Å². The third-order valence-corrected chi connectivity index (χ3v) is 1.72. The van der Waals surface area contributed by atoms with Gasteiger partial charge in [0.25, 0.3) is 0 Å². The second-order valence-electron chi connectivity index (χ2n) is 2.79. The normalized spacial score (nSPS) is 10.2. The minimum atomic E-state index is 0.246. The summed E-state index contributed by atoms with van der Waals surface area (Å²) in [5.41, 5.74) is 0.891. The third-order valence-electron chi connectivity index (χ3n) is 1.72. The van der Waals surface area contributed by atoms with E-state index in [1.54, 1.807) is 24.3 Å². The van der Waals surface area contributed by atoms with Gasteiger partial charge in [0.1, 0.15) is 11.6 Å². The number of nitrogens with one attached hydrogen (secondary N) is 1. The van der Waals surface area contributed by atoms with E-state index in [4.69, 9.17) is 5.11 Å². The highest BCUT2D eigenvalue weighted by Gasteiger charge is 2.02. The third kappa shape index (κ3) is 1.51. The zero-order valence-corrected chi connectivity index (χ0v) is 7.15. The summed E-state index contributed by atoms with van der Waals surface area (Å²) >= 11 is 0. The molecule has 4 heteroatoms. The van der Waals surface area contributed by atoms with E-state index in [-0.39, 0.29) is 5.75 Å². The summed E-state index contributed by atoms with van der Waals surface area (Å²) in [6, 6.07) is 6.78. The van der Waals surface area contributed by atoms with Gasteiger partial charge in [-0.15, -0.1) is 0 Å². The average molecular weight is 175 g/mol. The summed E-state index contributed by atoms with van der Waals surface area (Å²) in [4.78, 5) is 4.16. The predicted molar refractivity (Wildman–Crippen MR) is 48.2 cm³/mol. The fraction of sp³-hybridized carbons (Fsp3) is 0.111. The molecule has 2 rings (SSSR count). The zero-order chi connectivity index (χ0) is 9.26. The molecule has 0 saturated carbocycles. The van der Waals surface area contributed by atoms with Crippen molar-refractivity contribution in [2.45, 2.75) is 6.92 Å². The number of aromatic hydroxyl groups is 1. The van der Waals surface area contributed by atoms with Crippen LogP contribution in [-0.2, 0) is 0 Å². The lowest BCUT2D eigenvalue weighted by Gasteiger charge is -1.94. The highest BCUT2D eigenvalue weighted by atomic mass is 16.3. The molecule has 13 heavy (non-hydrogen) atoms. The van der Waals surface area contributed by atoms with E-state index in [9.17, 15) is 0 Å². The maximum absolute atomic E-state index is 9.06. The molecule has 1 aromatic carbocycles. The van der Waals surface area contributed by atoms with Crippen molar-refractivity contribution >= 4 is 0 Å². The summed E-state index contributed by atoms with van der Waals surface area (Å²) < 4.78 is 0. The van der Waals surface area contributed by atoms with Gasteiger partial charge in [0.05, 0.1) is 0 Å². The molecule has 2 aromatic rings. The minimum absolute atomic E-state index is 0.246. The van der Waals surface area contributed by atoms with Gasteiger partial charge in [-0.2, -0.15) is 5.10 Å². The van der Waals surface area contributed by atoms with Crippen LogP contribution >= 0.6 is 0 Å². The molecule has 0 saturated heterocycles. The van der Waals surface area contributed by atoms with Gasteiger partial charge in [-0.1, -0.05) is 0 Å². The lowest BCUT2D eigenvalue weighted by Crippen LogP contribution is -1.79. The van der Waals surface area contributed by atoms with Crippen molar-refractivity contribution in [3.05, 3.63) is 30.1 Å². The van der Waals surface area contributed by atoms with E-state index in [0.717, 1.165) is 11.4 Å². The van der Waals surface area contributed by atoms with Crippen molar-refractivity contribution < 1.29 is 5.11 Å². The molecule has 0 aliphatic rings. The Morgan fingerprint density at radius 3 is 2.46 bits per heavy atom. The molecular weight excluding hydrogens is 166 g/mol. The largest absolute Gasteiger partial charge is 0.508 e. The molecule has 1 heterocycles. The zero-order valence-electron chi connectivity index (χ0n) is 7.15. The standard InChI is InChI=1S/C9H9N3O/c1-6-10-9(12-11-6)7-2-4-8(13)5-3-7/h2-5,13H,1H3,(H,10,11,12). The number of nitrogens with zero attached hydrogens (tertiary/aromatic N) is 2. The summed E-state index contributed by atoms with van der Waals surface area (Å²) in [6.07, 6.45) is 0. The lowest BCUT2D eigenvalue weighted by atomic mass is 10.2. The Morgan fingerprint density at radius 1 is 1.23 bits per heavy atom. The Labute approximate surface area is 75.3 Å². The first-order valence-electron chi connectivity index (χ1n) is 3.94. The van der Waals surface area contributed by atoms with Crippen molar-refractivity contribution in [2.75, 3.05) is 0 Å².